The molecule has 1 atom stereocenters. The van der Waals surface area contributed by atoms with Crippen LogP contribution in [0.4, 0.5) is 4.39 Å². The van der Waals surface area contributed by atoms with Gasteiger partial charge in [0.05, 0.1) is 27.2 Å². The van der Waals surface area contributed by atoms with Gasteiger partial charge in [-0.1, -0.05) is 12.8 Å². The summed E-state index contributed by atoms with van der Waals surface area (Å²) in [7, 11) is -7.31. The third-order valence-electron chi connectivity index (χ3n) is 4.83. The summed E-state index contributed by atoms with van der Waals surface area (Å²) in [6, 6.07) is 3.02. The zero-order valence-corrected chi connectivity index (χ0v) is 15.2. The minimum atomic E-state index is -3.94. The number of hydrogen-bond acceptors (Lipinski definition) is 5. The maximum atomic E-state index is 14.0. The molecule has 2 fully saturated rings. The molecule has 0 radical (unpaired) electrons. The van der Waals surface area contributed by atoms with Gasteiger partial charge in [0.2, 0.25) is 0 Å². The van der Waals surface area contributed by atoms with Crippen molar-refractivity contribution >= 4 is 25.6 Å². The number of sulfone groups is 2. The maximum absolute atomic E-state index is 14.0. The zero-order valence-electron chi connectivity index (χ0n) is 13.6. The van der Waals surface area contributed by atoms with Crippen LogP contribution >= 0.6 is 0 Å². The predicted molar refractivity (Wildman–Crippen MR) is 90.4 cm³/mol. The van der Waals surface area contributed by atoms with Gasteiger partial charge in [0.1, 0.15) is 5.82 Å². The van der Waals surface area contributed by atoms with Crippen LogP contribution < -0.4 is 5.32 Å². The van der Waals surface area contributed by atoms with Crippen LogP contribution in [0.1, 0.15) is 42.5 Å². The average Bonchev–Trinajstić information content (AvgIpc) is 3.16. The van der Waals surface area contributed by atoms with Crippen molar-refractivity contribution in [1.82, 2.24) is 5.32 Å². The fourth-order valence-electron chi connectivity index (χ4n) is 3.39. The fraction of sp³-hybridized carbons (Fsp3) is 0.562. The molecule has 1 aromatic rings. The van der Waals surface area contributed by atoms with Gasteiger partial charge in [-0.15, -0.1) is 0 Å². The molecule has 1 heterocycles. The lowest BCUT2D eigenvalue weighted by Gasteiger charge is -2.14. The molecule has 3 rings (SSSR count). The van der Waals surface area contributed by atoms with Gasteiger partial charge in [0.25, 0.3) is 5.91 Å². The number of nitrogens with one attached hydrogen (secondary N) is 1. The Morgan fingerprint density at radius 2 is 1.84 bits per heavy atom. The van der Waals surface area contributed by atoms with Gasteiger partial charge >= 0.3 is 0 Å². The Bertz CT molecular complexity index is 889. The monoisotopic (exact) mass is 389 g/mol. The van der Waals surface area contributed by atoms with E-state index in [2.05, 4.69) is 5.32 Å². The summed E-state index contributed by atoms with van der Waals surface area (Å²) in [5.74, 6) is -2.04. The molecule has 1 amide bonds. The summed E-state index contributed by atoms with van der Waals surface area (Å²) in [4.78, 5) is 12.1. The van der Waals surface area contributed by atoms with Crippen molar-refractivity contribution in [3.63, 3.8) is 0 Å². The largest absolute Gasteiger partial charge is 0.349 e. The summed E-state index contributed by atoms with van der Waals surface area (Å²) in [6.07, 6.45) is 3.66. The summed E-state index contributed by atoms with van der Waals surface area (Å²) in [6.45, 7) is 0. The van der Waals surface area contributed by atoms with E-state index in [1.807, 2.05) is 0 Å². The topological polar surface area (TPSA) is 97.4 Å². The summed E-state index contributed by atoms with van der Waals surface area (Å²) in [5, 5.41) is 1.68. The SMILES string of the molecule is O=C(NC1CCCC1)c1cc(S(=O)(=O)[C@H]2CCS(=O)(=O)C2)ccc1F. The molecule has 2 aliphatic rings. The van der Waals surface area contributed by atoms with E-state index in [1.54, 1.807) is 0 Å². The van der Waals surface area contributed by atoms with Crippen molar-refractivity contribution in [3.05, 3.63) is 29.6 Å². The fourth-order valence-corrected chi connectivity index (χ4v) is 7.77. The molecule has 1 aliphatic heterocycles. The standard InChI is InChI=1S/C16H20FNO5S2/c17-15-6-5-12(25(22,23)13-7-8-24(20,21)10-13)9-14(15)16(19)18-11-3-1-2-4-11/h5-6,9,11,13H,1-4,7-8,10H2,(H,18,19)/t13-/m0/s1. The quantitative estimate of drug-likeness (QED) is 0.787. The summed E-state index contributed by atoms with van der Waals surface area (Å²) < 4.78 is 62.4. The van der Waals surface area contributed by atoms with Gasteiger partial charge in [0.15, 0.2) is 19.7 Å². The highest BCUT2D eigenvalue weighted by molar-refractivity contribution is 7.96. The smallest absolute Gasteiger partial charge is 0.254 e. The van der Waals surface area contributed by atoms with Gasteiger partial charge in [-0.25, -0.2) is 21.2 Å². The number of carbonyl (C=O) groups excluding carboxylic acids is 1. The molecule has 1 aromatic carbocycles. The van der Waals surface area contributed by atoms with Gasteiger partial charge < -0.3 is 5.32 Å². The molecular formula is C16H20FNO5S2. The van der Waals surface area contributed by atoms with Gasteiger partial charge in [0, 0.05) is 6.04 Å². The number of carbonyl (C=O) groups is 1. The van der Waals surface area contributed by atoms with Crippen LogP contribution in [-0.4, -0.2) is 45.5 Å². The van der Waals surface area contributed by atoms with Crippen molar-refractivity contribution in [2.75, 3.05) is 11.5 Å². The Morgan fingerprint density at radius 1 is 1.16 bits per heavy atom. The molecule has 0 aromatic heterocycles. The first-order chi connectivity index (χ1) is 11.7. The van der Waals surface area contributed by atoms with E-state index in [0.29, 0.717) is 0 Å². The minimum Gasteiger partial charge on any atom is -0.349 e. The molecule has 0 unspecified atom stereocenters. The van der Waals surface area contributed by atoms with E-state index in [9.17, 15) is 26.0 Å². The second kappa shape index (κ2) is 6.68. The van der Waals surface area contributed by atoms with E-state index < -0.39 is 42.4 Å². The second-order valence-electron chi connectivity index (χ2n) is 6.67. The number of benzene rings is 1. The lowest BCUT2D eigenvalue weighted by molar-refractivity contribution is 0.0933. The molecule has 138 valence electrons. The third kappa shape index (κ3) is 3.87. The molecule has 6 nitrogen and oxygen atoms in total. The molecule has 9 heteroatoms. The summed E-state index contributed by atoms with van der Waals surface area (Å²) >= 11 is 0. The first-order valence-electron chi connectivity index (χ1n) is 8.24. The molecule has 1 saturated carbocycles. The van der Waals surface area contributed by atoms with E-state index in [4.69, 9.17) is 0 Å². The van der Waals surface area contributed by atoms with Gasteiger partial charge in [-0.05, 0) is 37.5 Å². The molecule has 1 N–H and O–H groups in total. The van der Waals surface area contributed by atoms with Crippen LogP contribution in [0.5, 0.6) is 0 Å². The average molecular weight is 389 g/mol. The van der Waals surface area contributed by atoms with E-state index in [-0.39, 0.29) is 28.7 Å². The highest BCUT2D eigenvalue weighted by atomic mass is 32.2. The van der Waals surface area contributed by atoms with Crippen LogP contribution in [0.25, 0.3) is 0 Å². The van der Waals surface area contributed by atoms with Crippen molar-refractivity contribution in [2.24, 2.45) is 0 Å². The highest BCUT2D eigenvalue weighted by Gasteiger charge is 2.38. The highest BCUT2D eigenvalue weighted by Crippen LogP contribution is 2.27. The van der Waals surface area contributed by atoms with E-state index >= 15 is 0 Å². The van der Waals surface area contributed by atoms with Crippen molar-refractivity contribution < 1.29 is 26.0 Å². The Morgan fingerprint density at radius 3 is 2.44 bits per heavy atom. The lowest BCUT2D eigenvalue weighted by atomic mass is 10.1. The third-order valence-corrected chi connectivity index (χ3v) is 9.00. The predicted octanol–water partition coefficient (Wildman–Crippen LogP) is 1.46. The first kappa shape index (κ1) is 18.3. The van der Waals surface area contributed by atoms with Crippen LogP contribution in [-0.2, 0) is 19.7 Å². The van der Waals surface area contributed by atoms with Crippen LogP contribution in [0.3, 0.4) is 0 Å². The van der Waals surface area contributed by atoms with Gasteiger partial charge in [-0.3, -0.25) is 4.79 Å². The Balaban J connectivity index is 1.87. The number of halogens is 1. The molecule has 0 spiro atoms. The van der Waals surface area contributed by atoms with Crippen LogP contribution in [0, 0.1) is 5.82 Å². The lowest BCUT2D eigenvalue weighted by Crippen LogP contribution is -2.33. The molecule has 0 bridgehead atoms. The zero-order chi connectivity index (χ0) is 18.2. The molecular weight excluding hydrogens is 369 g/mol. The summed E-state index contributed by atoms with van der Waals surface area (Å²) in [5.41, 5.74) is -0.325. The van der Waals surface area contributed by atoms with Crippen molar-refractivity contribution in [2.45, 2.75) is 48.3 Å². The molecule has 1 aliphatic carbocycles. The Kier molecular flexibility index (Phi) is 4.89. The maximum Gasteiger partial charge on any atom is 0.254 e. The minimum absolute atomic E-state index is 0.0195. The van der Waals surface area contributed by atoms with Crippen LogP contribution in [0.15, 0.2) is 23.1 Å². The van der Waals surface area contributed by atoms with Crippen molar-refractivity contribution in [1.29, 1.82) is 0 Å². The van der Waals surface area contributed by atoms with E-state index in [0.717, 1.165) is 43.9 Å². The number of hydrogen-bond donors (Lipinski definition) is 1. The van der Waals surface area contributed by atoms with E-state index in [1.165, 1.54) is 0 Å². The first-order valence-corrected chi connectivity index (χ1v) is 11.6. The number of amides is 1. The van der Waals surface area contributed by atoms with Crippen LogP contribution in [0.2, 0.25) is 0 Å². The molecule has 1 saturated heterocycles. The number of rotatable bonds is 4. The Hall–Kier alpha value is -1.48. The van der Waals surface area contributed by atoms with Crippen molar-refractivity contribution in [3.8, 4) is 0 Å². The Labute approximate surface area is 146 Å². The van der Waals surface area contributed by atoms with Gasteiger partial charge in [-0.2, -0.15) is 0 Å². The second-order valence-corrected chi connectivity index (χ2v) is 11.1. The molecule has 25 heavy (non-hydrogen) atoms. The normalized spacial score (nSPS) is 23.6.